The van der Waals surface area contributed by atoms with Crippen LogP contribution in [-0.2, 0) is 4.74 Å². The number of amides is 1. The maximum Gasteiger partial charge on any atom is 0.415 e. The third-order valence-corrected chi connectivity index (χ3v) is 3.47. The molecule has 0 atom stereocenters. The van der Waals surface area contributed by atoms with Crippen LogP contribution in [0.15, 0.2) is 12.8 Å². The van der Waals surface area contributed by atoms with E-state index in [4.69, 9.17) is 4.74 Å². The van der Waals surface area contributed by atoms with Crippen molar-refractivity contribution in [1.29, 1.82) is 0 Å². The Morgan fingerprint density at radius 2 is 1.93 bits per heavy atom. The molecule has 0 aliphatic carbocycles. The van der Waals surface area contributed by atoms with Gasteiger partial charge < -0.3 is 4.74 Å². The van der Waals surface area contributed by atoms with Gasteiger partial charge in [0.1, 0.15) is 5.60 Å². The lowest BCUT2D eigenvalue weighted by atomic mass is 9.77. The Labute approximate surface area is 85.7 Å². The number of rotatable bonds is 3. The van der Waals surface area contributed by atoms with Gasteiger partial charge in [0.2, 0.25) is 0 Å². The zero-order valence-electron chi connectivity index (χ0n) is 9.46. The van der Waals surface area contributed by atoms with Crippen molar-refractivity contribution >= 4 is 6.09 Å². The fraction of sp³-hybridized carbons (Fsp3) is 0.727. The van der Waals surface area contributed by atoms with E-state index in [1.807, 2.05) is 13.8 Å². The van der Waals surface area contributed by atoms with Gasteiger partial charge >= 0.3 is 6.09 Å². The van der Waals surface area contributed by atoms with Crippen molar-refractivity contribution in [3.05, 3.63) is 12.8 Å². The molecule has 1 aliphatic heterocycles. The van der Waals surface area contributed by atoms with E-state index in [2.05, 4.69) is 20.4 Å². The highest BCUT2D eigenvalue weighted by Gasteiger charge is 2.57. The second kappa shape index (κ2) is 3.30. The molecule has 0 N–H and O–H groups in total. The van der Waals surface area contributed by atoms with Gasteiger partial charge in [0, 0.05) is 6.20 Å². The smallest absolute Gasteiger partial charge is 0.415 e. The van der Waals surface area contributed by atoms with Crippen LogP contribution in [0.1, 0.15) is 40.5 Å². The van der Waals surface area contributed by atoms with E-state index in [1.165, 1.54) is 0 Å². The van der Waals surface area contributed by atoms with Crippen LogP contribution < -0.4 is 0 Å². The number of hydrogen-bond acceptors (Lipinski definition) is 2. The quantitative estimate of drug-likeness (QED) is 0.696. The number of carbonyl (C=O) groups excluding carboxylic acids is 1. The lowest BCUT2D eigenvalue weighted by Crippen LogP contribution is -2.53. The number of carbonyl (C=O) groups is 1. The van der Waals surface area contributed by atoms with Crippen LogP contribution in [0.25, 0.3) is 0 Å². The standard InChI is InChI=1S/C11H19NO2/c1-6-11(7-2)10(4,5)14-9(13)12(11)8-3/h8H,3,6-7H2,1-2,4-5H3. The molecule has 0 aromatic carbocycles. The minimum atomic E-state index is -0.443. The Bertz CT molecular complexity index is 254. The van der Waals surface area contributed by atoms with Crippen molar-refractivity contribution in [2.24, 2.45) is 0 Å². The monoisotopic (exact) mass is 197 g/mol. The number of hydrogen-bond donors (Lipinski definition) is 0. The van der Waals surface area contributed by atoms with E-state index >= 15 is 0 Å². The van der Waals surface area contributed by atoms with Crippen molar-refractivity contribution < 1.29 is 9.53 Å². The normalized spacial score (nSPS) is 23.4. The summed E-state index contributed by atoms with van der Waals surface area (Å²) in [6, 6.07) is 0. The lowest BCUT2D eigenvalue weighted by molar-refractivity contribution is 0.0167. The van der Waals surface area contributed by atoms with Crippen LogP contribution in [0, 0.1) is 0 Å². The predicted molar refractivity (Wildman–Crippen MR) is 55.9 cm³/mol. The van der Waals surface area contributed by atoms with Gasteiger partial charge in [-0.25, -0.2) is 4.79 Å². The van der Waals surface area contributed by atoms with Gasteiger partial charge in [-0.1, -0.05) is 20.4 Å². The maximum atomic E-state index is 11.6. The molecule has 0 spiro atoms. The fourth-order valence-electron chi connectivity index (χ4n) is 2.52. The molecule has 1 heterocycles. The summed E-state index contributed by atoms with van der Waals surface area (Å²) >= 11 is 0. The summed E-state index contributed by atoms with van der Waals surface area (Å²) in [6.45, 7) is 11.7. The molecule has 0 unspecified atom stereocenters. The summed E-state index contributed by atoms with van der Waals surface area (Å²) in [5, 5.41) is 0. The highest BCUT2D eigenvalue weighted by atomic mass is 16.6. The summed E-state index contributed by atoms with van der Waals surface area (Å²) in [5.74, 6) is 0. The molecule has 1 saturated heterocycles. The average Bonchev–Trinajstić information content (AvgIpc) is 2.31. The molecular weight excluding hydrogens is 178 g/mol. The Morgan fingerprint density at radius 3 is 2.21 bits per heavy atom. The summed E-state index contributed by atoms with van der Waals surface area (Å²) in [6.07, 6.45) is 3.03. The molecule has 0 aromatic heterocycles. The van der Waals surface area contributed by atoms with Crippen LogP contribution >= 0.6 is 0 Å². The van der Waals surface area contributed by atoms with Crippen LogP contribution in [-0.4, -0.2) is 22.1 Å². The van der Waals surface area contributed by atoms with Crippen LogP contribution in [0.5, 0.6) is 0 Å². The zero-order chi connectivity index (χ0) is 11.0. The third-order valence-electron chi connectivity index (χ3n) is 3.47. The van der Waals surface area contributed by atoms with Gasteiger partial charge in [-0.05, 0) is 26.7 Å². The first-order valence-electron chi connectivity index (χ1n) is 5.10. The van der Waals surface area contributed by atoms with Crippen molar-refractivity contribution in [1.82, 2.24) is 4.90 Å². The average molecular weight is 197 g/mol. The van der Waals surface area contributed by atoms with E-state index in [0.29, 0.717) is 0 Å². The lowest BCUT2D eigenvalue weighted by Gasteiger charge is -2.40. The number of cyclic esters (lactones) is 1. The highest BCUT2D eigenvalue weighted by molar-refractivity contribution is 5.73. The van der Waals surface area contributed by atoms with Crippen molar-refractivity contribution in [3.63, 3.8) is 0 Å². The molecule has 0 radical (unpaired) electrons. The second-order valence-electron chi connectivity index (χ2n) is 4.17. The van der Waals surface area contributed by atoms with E-state index in [0.717, 1.165) is 12.8 Å². The summed E-state index contributed by atoms with van der Waals surface area (Å²) in [4.78, 5) is 13.2. The Kier molecular flexibility index (Phi) is 2.61. The Morgan fingerprint density at radius 1 is 1.43 bits per heavy atom. The van der Waals surface area contributed by atoms with E-state index in [-0.39, 0.29) is 11.6 Å². The predicted octanol–water partition coefficient (Wildman–Crippen LogP) is 2.92. The molecule has 0 bridgehead atoms. The van der Waals surface area contributed by atoms with Gasteiger partial charge in [0.25, 0.3) is 0 Å². The first-order chi connectivity index (χ1) is 6.45. The molecule has 80 valence electrons. The van der Waals surface area contributed by atoms with Crippen molar-refractivity contribution in [2.45, 2.75) is 51.7 Å². The zero-order valence-corrected chi connectivity index (χ0v) is 9.46. The summed E-state index contributed by atoms with van der Waals surface area (Å²) < 4.78 is 5.37. The minimum Gasteiger partial charge on any atom is -0.441 e. The third kappa shape index (κ3) is 1.15. The summed E-state index contributed by atoms with van der Waals surface area (Å²) in [5.41, 5.74) is -0.687. The molecule has 1 fully saturated rings. The SMILES string of the molecule is C=CN1C(=O)OC(C)(C)C1(CC)CC. The Balaban J connectivity index is 3.19. The minimum absolute atomic E-state index is 0.244. The highest BCUT2D eigenvalue weighted by Crippen LogP contribution is 2.43. The molecule has 14 heavy (non-hydrogen) atoms. The van der Waals surface area contributed by atoms with E-state index in [9.17, 15) is 4.79 Å². The van der Waals surface area contributed by atoms with E-state index < -0.39 is 5.60 Å². The molecule has 3 heteroatoms. The maximum absolute atomic E-state index is 11.6. The van der Waals surface area contributed by atoms with E-state index in [1.54, 1.807) is 11.1 Å². The number of nitrogens with zero attached hydrogens (tertiary/aromatic N) is 1. The summed E-state index contributed by atoms with van der Waals surface area (Å²) in [7, 11) is 0. The topological polar surface area (TPSA) is 29.5 Å². The van der Waals surface area contributed by atoms with Gasteiger partial charge in [-0.15, -0.1) is 0 Å². The van der Waals surface area contributed by atoms with Crippen LogP contribution in [0.3, 0.4) is 0 Å². The molecule has 0 aromatic rings. The number of ether oxygens (including phenoxy) is 1. The van der Waals surface area contributed by atoms with Crippen molar-refractivity contribution in [3.8, 4) is 0 Å². The Hall–Kier alpha value is -0.990. The van der Waals surface area contributed by atoms with Crippen molar-refractivity contribution in [2.75, 3.05) is 0 Å². The first kappa shape index (κ1) is 11.1. The fourth-order valence-corrected chi connectivity index (χ4v) is 2.52. The van der Waals surface area contributed by atoms with Gasteiger partial charge in [-0.2, -0.15) is 0 Å². The largest absolute Gasteiger partial charge is 0.441 e. The van der Waals surface area contributed by atoms with Crippen LogP contribution in [0.2, 0.25) is 0 Å². The van der Waals surface area contributed by atoms with Gasteiger partial charge in [-0.3, -0.25) is 4.90 Å². The second-order valence-corrected chi connectivity index (χ2v) is 4.17. The molecule has 1 rings (SSSR count). The van der Waals surface area contributed by atoms with Crippen LogP contribution in [0.4, 0.5) is 4.79 Å². The molecule has 3 nitrogen and oxygen atoms in total. The van der Waals surface area contributed by atoms with Gasteiger partial charge in [0.15, 0.2) is 0 Å². The molecule has 1 amide bonds. The molecule has 0 saturated carbocycles. The van der Waals surface area contributed by atoms with Gasteiger partial charge in [0.05, 0.1) is 5.54 Å². The first-order valence-corrected chi connectivity index (χ1v) is 5.10. The molecule has 1 aliphatic rings. The molecular formula is C11H19NO2.